The standard InChI is InChI=1S/C19H24N2O2/c22-19(17-4-2-1-3-5-17)14-18-15-23-13-12-21(18)11-8-16-6-9-20-10-7-16/h1-7,9-10,18-19,22H,8,11-15H2/t18-,19-/m1/s1. The van der Waals surface area contributed by atoms with E-state index in [0.717, 1.165) is 31.7 Å². The van der Waals surface area contributed by atoms with E-state index in [-0.39, 0.29) is 6.04 Å². The third kappa shape index (κ3) is 4.61. The summed E-state index contributed by atoms with van der Waals surface area (Å²) in [5, 5.41) is 10.5. The Morgan fingerprint density at radius 3 is 2.74 bits per heavy atom. The summed E-state index contributed by atoms with van der Waals surface area (Å²) in [6.45, 7) is 3.38. The molecule has 1 saturated heterocycles. The zero-order valence-corrected chi connectivity index (χ0v) is 13.3. The molecule has 3 rings (SSSR count). The average molecular weight is 312 g/mol. The van der Waals surface area contributed by atoms with Gasteiger partial charge in [-0.15, -0.1) is 0 Å². The molecule has 23 heavy (non-hydrogen) atoms. The summed E-state index contributed by atoms with van der Waals surface area (Å²) in [6.07, 6.45) is 4.95. The Morgan fingerprint density at radius 1 is 1.17 bits per heavy atom. The number of hydrogen-bond acceptors (Lipinski definition) is 4. The van der Waals surface area contributed by atoms with Crippen LogP contribution in [0.3, 0.4) is 0 Å². The van der Waals surface area contributed by atoms with Gasteiger partial charge in [-0.2, -0.15) is 0 Å². The number of benzene rings is 1. The van der Waals surface area contributed by atoms with E-state index < -0.39 is 6.10 Å². The maximum atomic E-state index is 10.5. The fourth-order valence-electron chi connectivity index (χ4n) is 3.09. The highest BCUT2D eigenvalue weighted by atomic mass is 16.5. The predicted molar refractivity (Wildman–Crippen MR) is 90.1 cm³/mol. The van der Waals surface area contributed by atoms with Gasteiger partial charge in [0.1, 0.15) is 0 Å². The molecule has 1 aliphatic rings. The second kappa shape index (κ2) is 8.20. The van der Waals surface area contributed by atoms with Gasteiger partial charge in [0.15, 0.2) is 0 Å². The maximum Gasteiger partial charge on any atom is 0.0805 e. The van der Waals surface area contributed by atoms with Crippen molar-refractivity contribution >= 4 is 0 Å². The molecule has 0 bridgehead atoms. The van der Waals surface area contributed by atoms with Crippen molar-refractivity contribution in [2.45, 2.75) is 25.0 Å². The molecule has 1 aromatic heterocycles. The van der Waals surface area contributed by atoms with Crippen molar-refractivity contribution in [3.63, 3.8) is 0 Å². The van der Waals surface area contributed by atoms with Crippen molar-refractivity contribution in [1.82, 2.24) is 9.88 Å². The molecule has 0 radical (unpaired) electrons. The normalized spacial score (nSPS) is 20.3. The largest absolute Gasteiger partial charge is 0.388 e. The Balaban J connectivity index is 1.58. The number of aliphatic hydroxyl groups is 1. The Hall–Kier alpha value is -1.75. The van der Waals surface area contributed by atoms with Gasteiger partial charge < -0.3 is 9.84 Å². The number of nitrogens with zero attached hydrogens (tertiary/aromatic N) is 2. The van der Waals surface area contributed by atoms with Crippen LogP contribution in [0.5, 0.6) is 0 Å². The monoisotopic (exact) mass is 312 g/mol. The van der Waals surface area contributed by atoms with Gasteiger partial charge in [-0.25, -0.2) is 0 Å². The number of hydrogen-bond donors (Lipinski definition) is 1. The van der Waals surface area contributed by atoms with E-state index in [4.69, 9.17) is 4.74 Å². The molecular weight excluding hydrogens is 288 g/mol. The van der Waals surface area contributed by atoms with Gasteiger partial charge in [-0.1, -0.05) is 30.3 Å². The molecule has 4 nitrogen and oxygen atoms in total. The SMILES string of the molecule is O[C@H](C[C@@H]1COCCN1CCc1ccncc1)c1ccccc1. The Labute approximate surface area is 137 Å². The molecule has 122 valence electrons. The fourth-order valence-corrected chi connectivity index (χ4v) is 3.09. The van der Waals surface area contributed by atoms with Crippen LogP contribution >= 0.6 is 0 Å². The van der Waals surface area contributed by atoms with E-state index in [1.165, 1.54) is 5.56 Å². The van der Waals surface area contributed by atoms with Crippen LogP contribution in [-0.4, -0.2) is 47.3 Å². The molecule has 2 aromatic rings. The lowest BCUT2D eigenvalue weighted by Gasteiger charge is -2.36. The van der Waals surface area contributed by atoms with Gasteiger partial charge in [-0.05, 0) is 36.1 Å². The molecule has 1 N–H and O–H groups in total. The summed E-state index contributed by atoms with van der Waals surface area (Å²) >= 11 is 0. The highest BCUT2D eigenvalue weighted by molar-refractivity contribution is 5.17. The van der Waals surface area contributed by atoms with Crippen molar-refractivity contribution in [2.75, 3.05) is 26.3 Å². The summed E-state index contributed by atoms with van der Waals surface area (Å²) in [5.41, 5.74) is 2.28. The summed E-state index contributed by atoms with van der Waals surface area (Å²) < 4.78 is 5.64. The van der Waals surface area contributed by atoms with Crippen LogP contribution in [0.1, 0.15) is 23.7 Å². The number of rotatable bonds is 6. The minimum Gasteiger partial charge on any atom is -0.388 e. The lowest BCUT2D eigenvalue weighted by molar-refractivity contribution is -0.0255. The second-order valence-electron chi connectivity index (χ2n) is 6.03. The summed E-state index contributed by atoms with van der Waals surface area (Å²) in [7, 11) is 0. The molecule has 0 spiro atoms. The molecule has 1 fully saturated rings. The van der Waals surface area contributed by atoms with E-state index in [1.807, 2.05) is 42.7 Å². The van der Waals surface area contributed by atoms with E-state index >= 15 is 0 Å². The first-order valence-electron chi connectivity index (χ1n) is 8.26. The number of aliphatic hydroxyl groups excluding tert-OH is 1. The van der Waals surface area contributed by atoms with E-state index in [9.17, 15) is 5.11 Å². The first-order chi connectivity index (χ1) is 11.3. The minimum absolute atomic E-state index is 0.265. The summed E-state index contributed by atoms with van der Waals surface area (Å²) in [4.78, 5) is 6.50. The Morgan fingerprint density at radius 2 is 1.96 bits per heavy atom. The zero-order chi connectivity index (χ0) is 15.9. The van der Waals surface area contributed by atoms with Crippen LogP contribution in [0.15, 0.2) is 54.9 Å². The molecule has 1 aliphatic heterocycles. The molecular formula is C19H24N2O2. The van der Waals surface area contributed by atoms with Crippen LogP contribution in [0, 0.1) is 0 Å². The average Bonchev–Trinajstić information content (AvgIpc) is 2.62. The van der Waals surface area contributed by atoms with E-state index in [0.29, 0.717) is 13.0 Å². The van der Waals surface area contributed by atoms with E-state index in [2.05, 4.69) is 22.0 Å². The van der Waals surface area contributed by atoms with Crippen LogP contribution in [0.2, 0.25) is 0 Å². The Bertz CT molecular complexity index is 576. The maximum absolute atomic E-state index is 10.5. The summed E-state index contributed by atoms with van der Waals surface area (Å²) in [6, 6.07) is 14.3. The third-order valence-electron chi connectivity index (χ3n) is 4.47. The van der Waals surface area contributed by atoms with Gasteiger partial charge in [0.25, 0.3) is 0 Å². The lowest BCUT2D eigenvalue weighted by Crippen LogP contribution is -2.46. The van der Waals surface area contributed by atoms with E-state index in [1.54, 1.807) is 0 Å². The molecule has 0 amide bonds. The fraction of sp³-hybridized carbons (Fsp3) is 0.421. The highest BCUT2D eigenvalue weighted by Crippen LogP contribution is 2.22. The highest BCUT2D eigenvalue weighted by Gasteiger charge is 2.25. The van der Waals surface area contributed by atoms with Crippen molar-refractivity contribution in [2.24, 2.45) is 0 Å². The number of aromatic nitrogens is 1. The molecule has 2 heterocycles. The predicted octanol–water partition coefficient (Wildman–Crippen LogP) is 2.45. The summed E-state index contributed by atoms with van der Waals surface area (Å²) in [5.74, 6) is 0. The first-order valence-corrected chi connectivity index (χ1v) is 8.26. The van der Waals surface area contributed by atoms with Crippen molar-refractivity contribution in [3.05, 3.63) is 66.0 Å². The number of morpholine rings is 1. The third-order valence-corrected chi connectivity index (χ3v) is 4.47. The van der Waals surface area contributed by atoms with Crippen LogP contribution in [0.25, 0.3) is 0 Å². The molecule has 4 heteroatoms. The number of ether oxygens (including phenoxy) is 1. The number of pyridine rings is 1. The van der Waals surface area contributed by atoms with Crippen molar-refractivity contribution < 1.29 is 9.84 Å². The Kier molecular flexibility index (Phi) is 5.75. The van der Waals surface area contributed by atoms with Crippen LogP contribution < -0.4 is 0 Å². The molecule has 2 atom stereocenters. The smallest absolute Gasteiger partial charge is 0.0805 e. The van der Waals surface area contributed by atoms with Crippen LogP contribution in [0.4, 0.5) is 0 Å². The second-order valence-corrected chi connectivity index (χ2v) is 6.03. The van der Waals surface area contributed by atoms with Crippen molar-refractivity contribution in [1.29, 1.82) is 0 Å². The van der Waals surface area contributed by atoms with Gasteiger partial charge in [0, 0.05) is 31.5 Å². The first kappa shape index (κ1) is 16.1. The van der Waals surface area contributed by atoms with Crippen LogP contribution in [-0.2, 0) is 11.2 Å². The van der Waals surface area contributed by atoms with Gasteiger partial charge >= 0.3 is 0 Å². The minimum atomic E-state index is -0.439. The molecule has 0 saturated carbocycles. The molecule has 0 aliphatic carbocycles. The van der Waals surface area contributed by atoms with Gasteiger partial charge in [0.05, 0.1) is 19.3 Å². The van der Waals surface area contributed by atoms with Gasteiger partial charge in [-0.3, -0.25) is 9.88 Å². The van der Waals surface area contributed by atoms with Gasteiger partial charge in [0.2, 0.25) is 0 Å². The van der Waals surface area contributed by atoms with Crippen molar-refractivity contribution in [3.8, 4) is 0 Å². The molecule has 1 aromatic carbocycles. The zero-order valence-electron chi connectivity index (χ0n) is 13.3. The topological polar surface area (TPSA) is 45.6 Å². The quantitative estimate of drug-likeness (QED) is 0.890. The molecule has 0 unspecified atom stereocenters. The lowest BCUT2D eigenvalue weighted by atomic mass is 10.0.